The number of nitrogens with zero attached hydrogens (tertiary/aromatic N) is 1. The van der Waals surface area contributed by atoms with E-state index in [9.17, 15) is 28.5 Å². The highest BCUT2D eigenvalue weighted by atomic mass is 32.1. The molecule has 0 aliphatic heterocycles. The van der Waals surface area contributed by atoms with Crippen molar-refractivity contribution in [2.45, 2.75) is 32.4 Å². The van der Waals surface area contributed by atoms with Crippen LogP contribution in [0.15, 0.2) is 47.8 Å². The number of rotatable bonds is 10. The maximum absolute atomic E-state index is 13.9. The van der Waals surface area contributed by atoms with E-state index in [1.54, 1.807) is 17.5 Å². The lowest BCUT2D eigenvalue weighted by atomic mass is 10.0. The van der Waals surface area contributed by atoms with E-state index in [0.29, 0.717) is 5.56 Å². The van der Waals surface area contributed by atoms with E-state index in [0.717, 1.165) is 28.1 Å². The minimum atomic E-state index is -0.851. The number of nitro groups is 1. The number of non-ortho nitro benzene ring substituents is 1. The van der Waals surface area contributed by atoms with Crippen LogP contribution in [0.25, 0.3) is 10.4 Å². The van der Waals surface area contributed by atoms with E-state index in [-0.39, 0.29) is 30.8 Å². The Morgan fingerprint density at radius 1 is 1.20 bits per heavy atom. The quantitative estimate of drug-likeness (QED) is 0.223. The van der Waals surface area contributed by atoms with Crippen LogP contribution >= 0.6 is 11.3 Å². The van der Waals surface area contributed by atoms with E-state index in [1.807, 2.05) is 6.92 Å². The van der Waals surface area contributed by atoms with Gasteiger partial charge < -0.3 is 14.8 Å². The number of halogens is 2. The van der Waals surface area contributed by atoms with E-state index in [2.05, 4.69) is 5.32 Å². The topological polar surface area (TPSA) is 108 Å². The van der Waals surface area contributed by atoms with Crippen LogP contribution in [0.4, 0.5) is 19.3 Å². The van der Waals surface area contributed by atoms with Crippen molar-refractivity contribution in [1.29, 1.82) is 0 Å². The average molecular weight is 505 g/mol. The predicted octanol–water partition coefficient (Wildman–Crippen LogP) is 5.48. The Morgan fingerprint density at radius 2 is 1.86 bits per heavy atom. The summed E-state index contributed by atoms with van der Waals surface area (Å²) in [5.41, 5.74) is 1.98. The molecule has 0 aliphatic rings. The van der Waals surface area contributed by atoms with Crippen LogP contribution in [0.5, 0.6) is 0 Å². The number of ether oxygens (including phenoxy) is 2. The summed E-state index contributed by atoms with van der Waals surface area (Å²) in [5, 5.41) is 15.3. The molecule has 3 aromatic rings. The van der Waals surface area contributed by atoms with Gasteiger partial charge in [0.1, 0.15) is 24.3 Å². The summed E-state index contributed by atoms with van der Waals surface area (Å²) in [4.78, 5) is 34.5. The van der Waals surface area contributed by atoms with Crippen molar-refractivity contribution in [2.75, 3.05) is 6.61 Å². The molecule has 0 bridgehead atoms. The fraction of sp³-hybridized carbons (Fsp3) is 0.250. The molecule has 3 rings (SSSR count). The van der Waals surface area contributed by atoms with Gasteiger partial charge in [0, 0.05) is 29.0 Å². The van der Waals surface area contributed by atoms with Crippen LogP contribution in [-0.2, 0) is 20.7 Å². The number of amides is 1. The Balaban J connectivity index is 1.73. The number of hydrogen-bond acceptors (Lipinski definition) is 7. The van der Waals surface area contributed by atoms with Crippen LogP contribution in [0, 0.1) is 28.7 Å². The number of carbonyl (C=O) groups excluding carboxylic acids is 2. The van der Waals surface area contributed by atoms with Crippen molar-refractivity contribution in [3.63, 3.8) is 0 Å². The number of hydrogen-bond donors (Lipinski definition) is 1. The summed E-state index contributed by atoms with van der Waals surface area (Å²) in [6, 6.07) is 8.80. The third-order valence-corrected chi connectivity index (χ3v) is 6.43. The molecule has 1 N–H and O–H groups in total. The van der Waals surface area contributed by atoms with Gasteiger partial charge in [0.2, 0.25) is 0 Å². The minimum absolute atomic E-state index is 0.0331. The minimum Gasteiger partial charge on any atom is -0.465 e. The summed E-state index contributed by atoms with van der Waals surface area (Å²) in [6.07, 6.45) is -1.85. The highest BCUT2D eigenvalue weighted by Crippen LogP contribution is 2.36. The molecule has 0 aliphatic carbocycles. The van der Waals surface area contributed by atoms with Gasteiger partial charge in [-0.3, -0.25) is 14.9 Å². The second-order valence-electron chi connectivity index (χ2n) is 7.70. The zero-order valence-electron chi connectivity index (χ0n) is 18.8. The average Bonchev–Trinajstić information content (AvgIpc) is 3.20. The summed E-state index contributed by atoms with van der Waals surface area (Å²) < 4.78 is 37.9. The molecule has 0 saturated carbocycles. The van der Waals surface area contributed by atoms with Crippen LogP contribution in [0.3, 0.4) is 0 Å². The lowest BCUT2D eigenvalue weighted by Gasteiger charge is -2.20. The van der Waals surface area contributed by atoms with Crippen LogP contribution < -0.4 is 5.32 Å². The summed E-state index contributed by atoms with van der Waals surface area (Å²) in [7, 11) is 0. The third kappa shape index (κ3) is 6.38. The largest absolute Gasteiger partial charge is 0.465 e. The maximum atomic E-state index is 13.9. The summed E-state index contributed by atoms with van der Waals surface area (Å²) in [6.45, 7) is 3.40. The molecule has 35 heavy (non-hydrogen) atoms. The number of alkyl carbamates (subject to hydrolysis) is 1. The Kier molecular flexibility index (Phi) is 8.48. The van der Waals surface area contributed by atoms with Crippen molar-refractivity contribution >= 4 is 29.6 Å². The fourth-order valence-corrected chi connectivity index (χ4v) is 4.71. The zero-order chi connectivity index (χ0) is 25.5. The Morgan fingerprint density at radius 3 is 2.46 bits per heavy atom. The SMILES string of the molecule is Cc1c(C(COC=O)NC(=O)OC(C)Cc2c(F)cccc2F)csc1-c1ccc([N+](=O)[O-])cc1. The lowest BCUT2D eigenvalue weighted by molar-refractivity contribution is -0.384. The molecule has 184 valence electrons. The van der Waals surface area contributed by atoms with E-state index in [4.69, 9.17) is 9.47 Å². The second kappa shape index (κ2) is 11.5. The summed E-state index contributed by atoms with van der Waals surface area (Å²) >= 11 is 1.36. The van der Waals surface area contributed by atoms with Gasteiger partial charge in [0.15, 0.2) is 0 Å². The highest BCUT2D eigenvalue weighted by Gasteiger charge is 2.23. The first-order valence-corrected chi connectivity index (χ1v) is 11.4. The van der Waals surface area contributed by atoms with E-state index < -0.39 is 34.8 Å². The van der Waals surface area contributed by atoms with Gasteiger partial charge in [0.05, 0.1) is 11.0 Å². The number of thiophene rings is 1. The zero-order valence-corrected chi connectivity index (χ0v) is 19.6. The monoisotopic (exact) mass is 504 g/mol. The molecular weight excluding hydrogens is 482 g/mol. The Hall–Kier alpha value is -3.86. The number of benzene rings is 2. The number of nitro benzene ring substituents is 1. The lowest BCUT2D eigenvalue weighted by Crippen LogP contribution is -2.34. The van der Waals surface area contributed by atoms with Gasteiger partial charge in [0.25, 0.3) is 12.2 Å². The first-order valence-electron chi connectivity index (χ1n) is 10.5. The normalized spacial score (nSPS) is 12.5. The Labute approximate surface area is 203 Å². The van der Waals surface area contributed by atoms with Crippen LogP contribution in [0.1, 0.15) is 29.7 Å². The van der Waals surface area contributed by atoms with Crippen molar-refractivity contribution < 1.29 is 32.8 Å². The molecule has 8 nitrogen and oxygen atoms in total. The third-order valence-electron chi connectivity index (χ3n) is 5.28. The van der Waals surface area contributed by atoms with Crippen molar-refractivity contribution in [2.24, 2.45) is 0 Å². The molecule has 1 aromatic heterocycles. The van der Waals surface area contributed by atoms with Crippen molar-refractivity contribution in [1.82, 2.24) is 5.32 Å². The molecule has 2 aromatic carbocycles. The molecule has 1 amide bonds. The van der Waals surface area contributed by atoms with Gasteiger partial charge in [-0.25, -0.2) is 13.6 Å². The van der Waals surface area contributed by atoms with Gasteiger partial charge >= 0.3 is 6.09 Å². The van der Waals surface area contributed by atoms with Crippen LogP contribution in [-0.4, -0.2) is 30.2 Å². The smallest absolute Gasteiger partial charge is 0.408 e. The molecule has 2 unspecified atom stereocenters. The number of nitrogens with one attached hydrogen (secondary N) is 1. The van der Waals surface area contributed by atoms with Crippen LogP contribution in [0.2, 0.25) is 0 Å². The number of carbonyl (C=O) groups is 2. The highest BCUT2D eigenvalue weighted by molar-refractivity contribution is 7.14. The predicted molar refractivity (Wildman–Crippen MR) is 125 cm³/mol. The fourth-order valence-electron chi connectivity index (χ4n) is 3.55. The van der Waals surface area contributed by atoms with Gasteiger partial charge in [-0.05, 0) is 60.2 Å². The van der Waals surface area contributed by atoms with Gasteiger partial charge in [-0.2, -0.15) is 0 Å². The standard InChI is InChI=1S/C24H22F2N2O6S/c1-14(10-18-20(25)4-3-5-21(18)26)34-24(30)27-22(11-33-13-29)19-12-35-23(15(19)2)16-6-8-17(9-7-16)28(31)32/h3-9,12-14,22H,10-11H2,1-2H3,(H,27,30). The molecule has 11 heteroatoms. The summed E-state index contributed by atoms with van der Waals surface area (Å²) in [5.74, 6) is -1.46. The molecular formula is C24H22F2N2O6S. The second-order valence-corrected chi connectivity index (χ2v) is 8.58. The first kappa shape index (κ1) is 25.8. The van der Waals surface area contributed by atoms with E-state index >= 15 is 0 Å². The van der Waals surface area contributed by atoms with Crippen molar-refractivity contribution in [3.8, 4) is 10.4 Å². The Bertz CT molecular complexity index is 1190. The first-order chi connectivity index (χ1) is 16.7. The molecule has 0 fully saturated rings. The van der Waals surface area contributed by atoms with Crippen molar-refractivity contribution in [3.05, 3.63) is 86.3 Å². The molecule has 0 spiro atoms. The molecule has 0 radical (unpaired) electrons. The van der Waals surface area contributed by atoms with Gasteiger partial charge in [-0.15, -0.1) is 11.3 Å². The van der Waals surface area contributed by atoms with Gasteiger partial charge in [-0.1, -0.05) is 6.07 Å². The van der Waals surface area contributed by atoms with E-state index in [1.165, 1.54) is 36.5 Å². The molecule has 1 heterocycles. The molecule has 2 atom stereocenters. The maximum Gasteiger partial charge on any atom is 0.408 e. The molecule has 0 saturated heterocycles.